The van der Waals surface area contributed by atoms with Gasteiger partial charge in [-0.15, -0.1) is 0 Å². The van der Waals surface area contributed by atoms with E-state index in [1.807, 2.05) is 24.3 Å². The molecule has 0 heterocycles. The van der Waals surface area contributed by atoms with Crippen LogP contribution in [-0.4, -0.2) is 18.2 Å². The molecule has 1 aromatic rings. The van der Waals surface area contributed by atoms with Crippen LogP contribution >= 0.6 is 0 Å². The molecule has 0 spiro atoms. The van der Waals surface area contributed by atoms with Crippen molar-refractivity contribution in [3.05, 3.63) is 29.8 Å². The molecule has 15 heavy (non-hydrogen) atoms. The molecule has 3 nitrogen and oxygen atoms in total. The highest BCUT2D eigenvalue weighted by Crippen LogP contribution is 2.42. The van der Waals surface area contributed by atoms with Crippen LogP contribution < -0.4 is 4.74 Å². The molecular weight excluding hydrogens is 192 g/mol. The van der Waals surface area contributed by atoms with Gasteiger partial charge in [-0.2, -0.15) is 0 Å². The van der Waals surface area contributed by atoms with Crippen molar-refractivity contribution < 1.29 is 14.6 Å². The van der Waals surface area contributed by atoms with Gasteiger partial charge in [0.05, 0.1) is 13.0 Å². The number of ether oxygens (including phenoxy) is 1. The van der Waals surface area contributed by atoms with Crippen molar-refractivity contribution in [2.45, 2.75) is 18.8 Å². The van der Waals surface area contributed by atoms with Gasteiger partial charge in [-0.05, 0) is 36.5 Å². The van der Waals surface area contributed by atoms with Crippen molar-refractivity contribution in [2.24, 2.45) is 5.92 Å². The highest BCUT2D eigenvalue weighted by Gasteiger charge is 2.37. The number of carboxylic acids is 1. The molecule has 2 rings (SSSR count). The van der Waals surface area contributed by atoms with E-state index in [0.717, 1.165) is 24.2 Å². The number of aliphatic carboxylic acids is 1. The maximum absolute atomic E-state index is 10.9. The second kappa shape index (κ2) is 3.93. The molecule has 0 amide bonds. The zero-order valence-electron chi connectivity index (χ0n) is 8.64. The van der Waals surface area contributed by atoms with Crippen molar-refractivity contribution in [1.29, 1.82) is 0 Å². The molecule has 0 aromatic heterocycles. The first-order chi connectivity index (χ1) is 7.22. The molecule has 1 aliphatic carbocycles. The number of hydrogen-bond donors (Lipinski definition) is 1. The molecule has 2 atom stereocenters. The highest BCUT2D eigenvalue weighted by atomic mass is 16.5. The molecule has 80 valence electrons. The first kappa shape index (κ1) is 10.0. The van der Waals surface area contributed by atoms with E-state index in [-0.39, 0.29) is 11.8 Å². The summed E-state index contributed by atoms with van der Waals surface area (Å²) in [5, 5.41) is 8.94. The Labute approximate surface area is 88.7 Å². The molecule has 1 aromatic carbocycles. The molecule has 0 radical (unpaired) electrons. The van der Waals surface area contributed by atoms with Gasteiger partial charge in [-0.25, -0.2) is 0 Å². The number of benzene rings is 1. The summed E-state index contributed by atoms with van der Waals surface area (Å²) in [6, 6.07) is 7.68. The Morgan fingerprint density at radius 3 is 2.40 bits per heavy atom. The van der Waals surface area contributed by atoms with Crippen LogP contribution in [0.4, 0.5) is 0 Å². The van der Waals surface area contributed by atoms with E-state index in [9.17, 15) is 4.79 Å². The summed E-state index contributed by atoms with van der Waals surface area (Å²) < 4.78 is 5.06. The fraction of sp³-hybridized carbons (Fsp3) is 0.417. The Morgan fingerprint density at radius 1 is 1.33 bits per heavy atom. The summed E-state index contributed by atoms with van der Waals surface area (Å²) in [5.74, 6) is 0.124. The molecule has 1 N–H and O–H groups in total. The minimum Gasteiger partial charge on any atom is -0.497 e. The molecular formula is C12H14O3. The van der Waals surface area contributed by atoms with Crippen LogP contribution in [0.3, 0.4) is 0 Å². The number of hydrogen-bond acceptors (Lipinski definition) is 2. The number of rotatable bonds is 3. The highest BCUT2D eigenvalue weighted by molar-refractivity contribution is 5.72. The van der Waals surface area contributed by atoms with E-state index >= 15 is 0 Å². The fourth-order valence-electron chi connectivity index (χ4n) is 2.05. The van der Waals surface area contributed by atoms with Gasteiger partial charge >= 0.3 is 5.97 Å². The van der Waals surface area contributed by atoms with Crippen LogP contribution in [0.5, 0.6) is 5.75 Å². The van der Waals surface area contributed by atoms with Gasteiger partial charge in [0.1, 0.15) is 5.75 Å². The number of methoxy groups -OCH3 is 1. The zero-order valence-corrected chi connectivity index (χ0v) is 8.64. The Kier molecular flexibility index (Phi) is 2.62. The normalized spacial score (nSPS) is 24.3. The zero-order chi connectivity index (χ0) is 10.8. The van der Waals surface area contributed by atoms with Crippen LogP contribution in [0.15, 0.2) is 24.3 Å². The predicted molar refractivity (Wildman–Crippen MR) is 56.1 cm³/mol. The van der Waals surface area contributed by atoms with Crippen LogP contribution in [-0.2, 0) is 4.79 Å². The Morgan fingerprint density at radius 2 is 2.00 bits per heavy atom. The SMILES string of the molecule is COc1ccc(C2CCC2C(=O)O)cc1. The first-order valence-electron chi connectivity index (χ1n) is 5.09. The second-order valence-corrected chi connectivity index (χ2v) is 3.90. The van der Waals surface area contributed by atoms with Crippen molar-refractivity contribution in [3.8, 4) is 5.75 Å². The maximum Gasteiger partial charge on any atom is 0.307 e. The summed E-state index contributed by atoms with van der Waals surface area (Å²) in [6.45, 7) is 0. The van der Waals surface area contributed by atoms with Gasteiger partial charge in [0.2, 0.25) is 0 Å². The van der Waals surface area contributed by atoms with Gasteiger partial charge in [0, 0.05) is 0 Å². The van der Waals surface area contributed by atoms with Gasteiger partial charge in [-0.1, -0.05) is 12.1 Å². The van der Waals surface area contributed by atoms with E-state index in [1.165, 1.54) is 0 Å². The Bertz CT molecular complexity index is 356. The molecule has 0 saturated heterocycles. The van der Waals surface area contributed by atoms with Crippen molar-refractivity contribution in [3.63, 3.8) is 0 Å². The predicted octanol–water partition coefficient (Wildman–Crippen LogP) is 2.27. The van der Waals surface area contributed by atoms with Crippen molar-refractivity contribution in [2.75, 3.05) is 7.11 Å². The third-order valence-corrected chi connectivity index (χ3v) is 3.14. The Balaban J connectivity index is 2.13. The standard InChI is InChI=1S/C12H14O3/c1-15-9-4-2-8(3-5-9)10-6-7-11(10)12(13)14/h2-5,10-11H,6-7H2,1H3,(H,13,14). The summed E-state index contributed by atoms with van der Waals surface area (Å²) in [7, 11) is 1.62. The monoisotopic (exact) mass is 206 g/mol. The molecule has 2 unspecified atom stereocenters. The van der Waals surface area contributed by atoms with Gasteiger partial charge in [-0.3, -0.25) is 4.79 Å². The molecule has 0 bridgehead atoms. The Hall–Kier alpha value is -1.51. The number of carbonyl (C=O) groups is 1. The lowest BCUT2D eigenvalue weighted by Gasteiger charge is -2.33. The van der Waals surface area contributed by atoms with E-state index in [4.69, 9.17) is 9.84 Å². The lowest BCUT2D eigenvalue weighted by atomic mass is 9.70. The second-order valence-electron chi connectivity index (χ2n) is 3.90. The average Bonchev–Trinajstić information content (AvgIpc) is 2.16. The smallest absolute Gasteiger partial charge is 0.307 e. The van der Waals surface area contributed by atoms with Crippen molar-refractivity contribution in [1.82, 2.24) is 0 Å². The van der Waals surface area contributed by atoms with Crippen molar-refractivity contribution >= 4 is 5.97 Å². The summed E-state index contributed by atoms with van der Waals surface area (Å²) >= 11 is 0. The van der Waals surface area contributed by atoms with Gasteiger partial charge in [0.15, 0.2) is 0 Å². The van der Waals surface area contributed by atoms with Crippen LogP contribution in [0.2, 0.25) is 0 Å². The lowest BCUT2D eigenvalue weighted by molar-refractivity contribution is -0.145. The summed E-state index contributed by atoms with van der Waals surface area (Å²) in [5.41, 5.74) is 1.11. The average molecular weight is 206 g/mol. The largest absolute Gasteiger partial charge is 0.497 e. The van der Waals surface area contributed by atoms with Crippen LogP contribution in [0.25, 0.3) is 0 Å². The van der Waals surface area contributed by atoms with Gasteiger partial charge < -0.3 is 9.84 Å². The van der Waals surface area contributed by atoms with E-state index in [2.05, 4.69) is 0 Å². The topological polar surface area (TPSA) is 46.5 Å². The fourth-order valence-corrected chi connectivity index (χ4v) is 2.05. The molecule has 1 fully saturated rings. The minimum absolute atomic E-state index is 0.188. The van der Waals surface area contributed by atoms with E-state index in [1.54, 1.807) is 7.11 Å². The minimum atomic E-state index is -0.679. The molecule has 0 aliphatic heterocycles. The third-order valence-electron chi connectivity index (χ3n) is 3.14. The van der Waals surface area contributed by atoms with Crippen LogP contribution in [0, 0.1) is 5.92 Å². The van der Waals surface area contributed by atoms with Gasteiger partial charge in [0.25, 0.3) is 0 Å². The lowest BCUT2D eigenvalue weighted by Crippen LogP contribution is -2.30. The quantitative estimate of drug-likeness (QED) is 0.825. The van der Waals surface area contributed by atoms with E-state index < -0.39 is 5.97 Å². The molecule has 3 heteroatoms. The first-order valence-corrected chi connectivity index (χ1v) is 5.09. The summed E-state index contributed by atoms with van der Waals surface area (Å²) in [4.78, 5) is 10.9. The third kappa shape index (κ3) is 1.82. The maximum atomic E-state index is 10.9. The van der Waals surface area contributed by atoms with E-state index in [0.29, 0.717) is 0 Å². The molecule has 1 saturated carbocycles. The number of carboxylic acid groups (broad SMARTS) is 1. The van der Waals surface area contributed by atoms with Crippen LogP contribution in [0.1, 0.15) is 24.3 Å². The molecule has 1 aliphatic rings. The summed E-state index contributed by atoms with van der Waals surface area (Å²) in [6.07, 6.45) is 1.77.